The minimum Gasteiger partial charge on any atom is -0.361 e. The summed E-state index contributed by atoms with van der Waals surface area (Å²) in [4.78, 5) is 16.5. The molecule has 26 heavy (non-hydrogen) atoms. The van der Waals surface area contributed by atoms with Crippen LogP contribution in [0.15, 0.2) is 74.0 Å². The van der Waals surface area contributed by atoms with Gasteiger partial charge in [-0.1, -0.05) is 41.2 Å². The number of aromatic nitrogens is 1. The van der Waals surface area contributed by atoms with Gasteiger partial charge >= 0.3 is 0 Å². The summed E-state index contributed by atoms with van der Waals surface area (Å²) in [5.74, 6) is 0.186. The highest BCUT2D eigenvalue weighted by atomic mass is 32.2. The summed E-state index contributed by atoms with van der Waals surface area (Å²) in [6.07, 6.45) is 1.67. The zero-order chi connectivity index (χ0) is 17.9. The summed E-state index contributed by atoms with van der Waals surface area (Å²) >= 11 is 1.76. The van der Waals surface area contributed by atoms with E-state index in [-0.39, 0.29) is 5.69 Å². The lowest BCUT2D eigenvalue weighted by Crippen LogP contribution is -2.24. The molecular weight excluding hydrogens is 348 g/mol. The molecule has 1 aliphatic rings. The maximum absolute atomic E-state index is 11.9. The second kappa shape index (κ2) is 7.05. The first-order chi connectivity index (χ1) is 12.7. The van der Waals surface area contributed by atoms with Crippen LogP contribution in [-0.2, 0) is 0 Å². The van der Waals surface area contributed by atoms with Gasteiger partial charge in [0.15, 0.2) is 5.69 Å². The molecule has 130 valence electrons. The number of aryl methyl sites for hydroxylation is 1. The zero-order valence-electron chi connectivity index (χ0n) is 14.0. The van der Waals surface area contributed by atoms with Crippen molar-refractivity contribution in [3.63, 3.8) is 0 Å². The quantitative estimate of drug-likeness (QED) is 0.560. The molecule has 4 rings (SSSR count). The Bertz CT molecular complexity index is 937. The van der Waals surface area contributed by atoms with Gasteiger partial charge in [-0.3, -0.25) is 4.79 Å². The summed E-state index contributed by atoms with van der Waals surface area (Å²) in [6.45, 7) is 2.27. The monoisotopic (exact) mass is 364 g/mol. The summed E-state index contributed by atoms with van der Waals surface area (Å²) in [5.41, 5.74) is 4.94. The van der Waals surface area contributed by atoms with Crippen molar-refractivity contribution in [3.8, 4) is 0 Å². The van der Waals surface area contributed by atoms with Gasteiger partial charge in [-0.15, -0.1) is 0 Å². The van der Waals surface area contributed by atoms with E-state index in [0.717, 1.165) is 11.4 Å². The number of carbonyl (C=O) groups is 1. The van der Waals surface area contributed by atoms with Gasteiger partial charge < -0.3 is 9.42 Å². The van der Waals surface area contributed by atoms with Crippen LogP contribution in [0.25, 0.3) is 0 Å². The fourth-order valence-corrected chi connectivity index (χ4v) is 3.83. The van der Waals surface area contributed by atoms with Crippen LogP contribution in [0.3, 0.4) is 0 Å². The number of hydrogen-bond acceptors (Lipinski definition) is 6. The van der Waals surface area contributed by atoms with E-state index >= 15 is 0 Å². The van der Waals surface area contributed by atoms with Gasteiger partial charge in [0.05, 0.1) is 17.9 Å². The zero-order valence-corrected chi connectivity index (χ0v) is 14.9. The fraction of sp³-hybridized carbons (Fsp3) is 0.105. The Morgan fingerprint density at radius 2 is 1.85 bits per heavy atom. The van der Waals surface area contributed by atoms with E-state index in [0.29, 0.717) is 12.3 Å². The summed E-state index contributed by atoms with van der Waals surface area (Å²) in [5, 5.41) is 7.71. The van der Waals surface area contributed by atoms with E-state index in [1.165, 1.54) is 9.79 Å². The molecule has 0 radical (unpaired) electrons. The number of carbonyl (C=O) groups excluding carboxylic acids is 1. The molecule has 0 aliphatic carbocycles. The molecule has 1 aromatic heterocycles. The van der Waals surface area contributed by atoms with Gasteiger partial charge in [-0.25, -0.2) is 5.43 Å². The largest absolute Gasteiger partial charge is 0.361 e. The second-order valence-corrected chi connectivity index (χ2v) is 6.81. The number of amides is 1. The molecule has 0 spiro atoms. The highest BCUT2D eigenvalue weighted by Crippen LogP contribution is 2.47. The fourth-order valence-electron chi connectivity index (χ4n) is 2.74. The van der Waals surface area contributed by atoms with Crippen molar-refractivity contribution >= 4 is 35.3 Å². The molecule has 2 heterocycles. The SMILES string of the molecule is Cc1cc(C(=O)N/N=C/CN2c3ccccc3Sc3ccccc32)no1. The molecule has 0 fully saturated rings. The van der Waals surface area contributed by atoms with Gasteiger partial charge in [-0.2, -0.15) is 5.10 Å². The van der Waals surface area contributed by atoms with Crippen molar-refractivity contribution in [1.82, 2.24) is 10.6 Å². The lowest BCUT2D eigenvalue weighted by molar-refractivity contribution is 0.0946. The first-order valence-electron chi connectivity index (χ1n) is 8.11. The van der Waals surface area contributed by atoms with E-state index in [1.807, 2.05) is 24.3 Å². The van der Waals surface area contributed by atoms with Gasteiger partial charge in [0.1, 0.15) is 5.76 Å². The molecule has 1 aliphatic heterocycles. The number of rotatable bonds is 4. The van der Waals surface area contributed by atoms with Crippen molar-refractivity contribution in [2.75, 3.05) is 11.4 Å². The Balaban J connectivity index is 1.50. The highest BCUT2D eigenvalue weighted by Gasteiger charge is 2.21. The first-order valence-corrected chi connectivity index (χ1v) is 8.92. The molecule has 0 unspecified atom stereocenters. The normalized spacial score (nSPS) is 12.7. The van der Waals surface area contributed by atoms with Crippen LogP contribution in [-0.4, -0.2) is 23.8 Å². The minimum atomic E-state index is -0.395. The van der Waals surface area contributed by atoms with Crippen LogP contribution in [0.1, 0.15) is 16.2 Å². The van der Waals surface area contributed by atoms with Gasteiger partial charge in [0, 0.05) is 22.1 Å². The molecular formula is C19H16N4O2S. The van der Waals surface area contributed by atoms with E-state index in [1.54, 1.807) is 31.0 Å². The highest BCUT2D eigenvalue weighted by molar-refractivity contribution is 7.99. The average Bonchev–Trinajstić information content (AvgIpc) is 3.10. The van der Waals surface area contributed by atoms with E-state index < -0.39 is 5.91 Å². The molecule has 0 saturated heterocycles. The van der Waals surface area contributed by atoms with Crippen molar-refractivity contribution in [2.45, 2.75) is 16.7 Å². The van der Waals surface area contributed by atoms with Gasteiger partial charge in [0.25, 0.3) is 5.91 Å². The maximum Gasteiger partial charge on any atom is 0.293 e. The van der Waals surface area contributed by atoms with Crippen LogP contribution >= 0.6 is 11.8 Å². The number of anilines is 2. The Hall–Kier alpha value is -3.06. The molecule has 1 amide bonds. The van der Waals surface area contributed by atoms with Crippen LogP contribution < -0.4 is 10.3 Å². The number of hydrazone groups is 1. The van der Waals surface area contributed by atoms with Crippen molar-refractivity contribution in [2.24, 2.45) is 5.10 Å². The molecule has 2 aromatic carbocycles. The third kappa shape index (κ3) is 3.21. The van der Waals surface area contributed by atoms with E-state index in [4.69, 9.17) is 4.52 Å². The first kappa shape index (κ1) is 16.4. The van der Waals surface area contributed by atoms with Crippen LogP contribution in [0.5, 0.6) is 0 Å². The number of nitrogens with zero attached hydrogens (tertiary/aromatic N) is 3. The van der Waals surface area contributed by atoms with Gasteiger partial charge in [0.2, 0.25) is 0 Å². The predicted molar refractivity (Wildman–Crippen MR) is 101 cm³/mol. The minimum absolute atomic E-state index is 0.213. The van der Waals surface area contributed by atoms with Crippen LogP contribution in [0.4, 0.5) is 11.4 Å². The van der Waals surface area contributed by atoms with Crippen molar-refractivity contribution in [3.05, 3.63) is 66.1 Å². The smallest absolute Gasteiger partial charge is 0.293 e. The number of fused-ring (bicyclic) bond motifs is 2. The van der Waals surface area contributed by atoms with Crippen LogP contribution in [0, 0.1) is 6.92 Å². The Kier molecular flexibility index (Phi) is 4.45. The van der Waals surface area contributed by atoms with Crippen molar-refractivity contribution < 1.29 is 9.32 Å². The standard InChI is InChI=1S/C19H16N4O2S/c1-13-12-14(22-25-13)19(24)21-20-10-11-23-15-6-2-4-8-17(15)26-18-9-5-3-7-16(18)23/h2-10,12H,11H2,1H3,(H,21,24)/b20-10+. The molecule has 0 saturated carbocycles. The van der Waals surface area contributed by atoms with Crippen LogP contribution in [0.2, 0.25) is 0 Å². The average molecular weight is 364 g/mol. The Morgan fingerprint density at radius 3 is 2.46 bits per heavy atom. The number of benzene rings is 2. The van der Waals surface area contributed by atoms with Gasteiger partial charge in [-0.05, 0) is 31.2 Å². The third-order valence-corrected chi connectivity index (χ3v) is 5.04. The molecule has 6 nitrogen and oxygen atoms in total. The maximum atomic E-state index is 11.9. The Labute approximate surface area is 154 Å². The lowest BCUT2D eigenvalue weighted by atomic mass is 10.2. The van der Waals surface area contributed by atoms with E-state index in [9.17, 15) is 4.79 Å². The number of nitrogens with one attached hydrogen (secondary N) is 1. The second-order valence-electron chi connectivity index (χ2n) is 5.72. The van der Waals surface area contributed by atoms with Crippen molar-refractivity contribution in [1.29, 1.82) is 0 Å². The van der Waals surface area contributed by atoms with E-state index in [2.05, 4.69) is 44.8 Å². The Morgan fingerprint density at radius 1 is 1.19 bits per heavy atom. The third-order valence-electron chi connectivity index (χ3n) is 3.91. The summed E-state index contributed by atoms with van der Waals surface area (Å²) in [7, 11) is 0. The molecule has 0 atom stereocenters. The summed E-state index contributed by atoms with van der Waals surface area (Å²) < 4.78 is 4.89. The predicted octanol–water partition coefficient (Wildman–Crippen LogP) is 4.00. The molecule has 1 N–H and O–H groups in total. The lowest BCUT2D eigenvalue weighted by Gasteiger charge is -2.31. The topological polar surface area (TPSA) is 70.7 Å². The number of para-hydroxylation sites is 2. The molecule has 3 aromatic rings. The molecule has 0 bridgehead atoms. The summed E-state index contributed by atoms with van der Waals surface area (Å²) in [6, 6.07) is 18.1. The molecule has 7 heteroatoms. The number of hydrogen-bond donors (Lipinski definition) is 1.